The molecule has 0 unspecified atom stereocenters. The van der Waals surface area contributed by atoms with Crippen LogP contribution in [0, 0.1) is 12.8 Å². The molecular formula is C27H29N3O3S. The van der Waals surface area contributed by atoms with E-state index in [4.69, 9.17) is 0 Å². The lowest BCUT2D eigenvalue weighted by molar-refractivity contribution is -0.126. The van der Waals surface area contributed by atoms with Gasteiger partial charge in [-0.05, 0) is 55.5 Å². The number of amides is 1. The molecule has 1 amide bonds. The van der Waals surface area contributed by atoms with Gasteiger partial charge in [0, 0.05) is 19.0 Å². The van der Waals surface area contributed by atoms with E-state index in [1.807, 2.05) is 56.3 Å². The molecule has 0 bridgehead atoms. The number of piperidine rings is 1. The van der Waals surface area contributed by atoms with E-state index in [0.717, 1.165) is 22.3 Å². The monoisotopic (exact) mass is 475 g/mol. The van der Waals surface area contributed by atoms with E-state index in [-0.39, 0.29) is 11.8 Å². The number of nitrogens with one attached hydrogen (secondary N) is 1. The second-order valence-electron chi connectivity index (χ2n) is 8.61. The van der Waals surface area contributed by atoms with Gasteiger partial charge in [0.05, 0.1) is 10.6 Å². The maximum Gasteiger partial charge on any atom is 0.243 e. The molecule has 1 heterocycles. The van der Waals surface area contributed by atoms with E-state index in [0.29, 0.717) is 36.5 Å². The van der Waals surface area contributed by atoms with Crippen LogP contribution in [0.3, 0.4) is 0 Å². The molecule has 1 N–H and O–H groups in total. The molecule has 0 radical (unpaired) electrons. The van der Waals surface area contributed by atoms with Crippen molar-refractivity contribution < 1.29 is 13.2 Å². The number of carbonyl (C=O) groups excluding carboxylic acids is 1. The van der Waals surface area contributed by atoms with Crippen LogP contribution in [-0.2, 0) is 14.8 Å². The summed E-state index contributed by atoms with van der Waals surface area (Å²) in [5, 5.41) is 4.28. The average molecular weight is 476 g/mol. The van der Waals surface area contributed by atoms with Crippen molar-refractivity contribution in [3.63, 3.8) is 0 Å². The Morgan fingerprint density at radius 2 is 1.47 bits per heavy atom. The number of sulfonamides is 1. The molecule has 1 saturated heterocycles. The van der Waals surface area contributed by atoms with Gasteiger partial charge in [0.25, 0.3) is 0 Å². The summed E-state index contributed by atoms with van der Waals surface area (Å²) in [7, 11) is -3.54. The number of hydrogen-bond acceptors (Lipinski definition) is 4. The first kappa shape index (κ1) is 23.9. The van der Waals surface area contributed by atoms with Crippen LogP contribution in [-0.4, -0.2) is 37.4 Å². The van der Waals surface area contributed by atoms with Crippen LogP contribution in [0.1, 0.15) is 30.9 Å². The lowest BCUT2D eigenvalue weighted by atomic mass is 9.98. The van der Waals surface area contributed by atoms with Gasteiger partial charge in [-0.15, -0.1) is 0 Å². The van der Waals surface area contributed by atoms with Gasteiger partial charge < -0.3 is 0 Å². The van der Waals surface area contributed by atoms with Crippen LogP contribution in [0.15, 0.2) is 88.9 Å². The highest BCUT2D eigenvalue weighted by Crippen LogP contribution is 2.24. The number of hydrazone groups is 1. The fourth-order valence-electron chi connectivity index (χ4n) is 4.05. The maximum absolute atomic E-state index is 12.9. The van der Waals surface area contributed by atoms with Crippen molar-refractivity contribution in [2.75, 3.05) is 13.1 Å². The molecule has 1 fully saturated rings. The summed E-state index contributed by atoms with van der Waals surface area (Å²) in [5.41, 5.74) is 7.59. The van der Waals surface area contributed by atoms with Crippen LogP contribution in [0.2, 0.25) is 0 Å². The highest BCUT2D eigenvalue weighted by Gasteiger charge is 2.32. The van der Waals surface area contributed by atoms with Gasteiger partial charge in [-0.2, -0.15) is 9.41 Å². The Hall–Kier alpha value is -3.29. The molecule has 0 saturated carbocycles. The second-order valence-corrected chi connectivity index (χ2v) is 10.5. The molecule has 6 nitrogen and oxygen atoms in total. The quantitative estimate of drug-likeness (QED) is 0.418. The minimum absolute atomic E-state index is 0.173. The number of nitrogens with zero attached hydrogens (tertiary/aromatic N) is 2. The molecule has 7 heteroatoms. The minimum atomic E-state index is -3.54. The molecule has 4 rings (SSSR count). The minimum Gasteiger partial charge on any atom is -0.273 e. The molecule has 3 aromatic rings. The van der Waals surface area contributed by atoms with Gasteiger partial charge in [0.15, 0.2) is 0 Å². The summed E-state index contributed by atoms with van der Waals surface area (Å²) < 4.78 is 27.2. The van der Waals surface area contributed by atoms with Crippen molar-refractivity contribution in [2.24, 2.45) is 11.0 Å². The van der Waals surface area contributed by atoms with E-state index < -0.39 is 10.0 Å². The zero-order valence-corrected chi connectivity index (χ0v) is 20.3. The van der Waals surface area contributed by atoms with Crippen LogP contribution < -0.4 is 5.43 Å². The Balaban J connectivity index is 1.32. The summed E-state index contributed by atoms with van der Waals surface area (Å²) in [6.45, 7) is 4.41. The summed E-state index contributed by atoms with van der Waals surface area (Å²) in [6.07, 6.45) is 0.939. The first-order chi connectivity index (χ1) is 16.3. The van der Waals surface area contributed by atoms with Gasteiger partial charge in [-0.1, -0.05) is 72.3 Å². The predicted octanol–water partition coefficient (Wildman–Crippen LogP) is 4.60. The van der Waals surface area contributed by atoms with Gasteiger partial charge in [0.2, 0.25) is 15.9 Å². The SMILES string of the molecule is C/C(=N\NC(=O)C1CCN(S(=O)(=O)c2ccc(C)cc2)CC1)c1ccc(-c2ccccc2)cc1. The standard InChI is InChI=1S/C27H29N3O3S/c1-20-8-14-26(15-9-20)34(32,33)30-18-16-25(17-19-30)27(31)29-28-21(2)22-10-12-24(13-11-22)23-6-4-3-5-7-23/h3-15,25H,16-19H2,1-2H3,(H,29,31)/b28-21+. The van der Waals surface area contributed by atoms with Crippen LogP contribution in [0.25, 0.3) is 11.1 Å². The van der Waals surface area contributed by atoms with Gasteiger partial charge in [0.1, 0.15) is 0 Å². The first-order valence-electron chi connectivity index (χ1n) is 11.4. The number of rotatable bonds is 6. The van der Waals surface area contributed by atoms with Crippen molar-refractivity contribution in [2.45, 2.75) is 31.6 Å². The van der Waals surface area contributed by atoms with E-state index in [2.05, 4.69) is 22.7 Å². The number of benzene rings is 3. The Morgan fingerprint density at radius 3 is 2.09 bits per heavy atom. The molecule has 0 spiro atoms. The van der Waals surface area contributed by atoms with E-state index >= 15 is 0 Å². The molecular weight excluding hydrogens is 446 g/mol. The molecule has 1 aliphatic rings. The highest BCUT2D eigenvalue weighted by atomic mass is 32.2. The molecule has 176 valence electrons. The summed E-state index contributed by atoms with van der Waals surface area (Å²) in [4.78, 5) is 12.9. The highest BCUT2D eigenvalue weighted by molar-refractivity contribution is 7.89. The third kappa shape index (κ3) is 5.43. The van der Waals surface area contributed by atoms with Gasteiger partial charge in [-0.3, -0.25) is 4.79 Å². The van der Waals surface area contributed by atoms with Crippen molar-refractivity contribution in [1.29, 1.82) is 0 Å². The maximum atomic E-state index is 12.9. The third-order valence-electron chi connectivity index (χ3n) is 6.23. The fourth-order valence-corrected chi connectivity index (χ4v) is 5.52. The topological polar surface area (TPSA) is 78.8 Å². The van der Waals surface area contributed by atoms with Crippen molar-refractivity contribution in [3.8, 4) is 11.1 Å². The lowest BCUT2D eigenvalue weighted by Gasteiger charge is -2.30. The fraction of sp³-hybridized carbons (Fsp3) is 0.259. The Bertz CT molecular complexity index is 1260. The number of aryl methyl sites for hydroxylation is 1. The number of carbonyl (C=O) groups is 1. The average Bonchev–Trinajstić information content (AvgIpc) is 2.88. The molecule has 0 aliphatic carbocycles. The van der Waals surface area contributed by atoms with Gasteiger partial charge in [-0.25, -0.2) is 13.8 Å². The van der Waals surface area contributed by atoms with Crippen molar-refractivity contribution >= 4 is 21.6 Å². The van der Waals surface area contributed by atoms with E-state index in [9.17, 15) is 13.2 Å². The molecule has 1 aliphatic heterocycles. The zero-order chi connectivity index (χ0) is 24.1. The van der Waals surface area contributed by atoms with Gasteiger partial charge >= 0.3 is 0 Å². The van der Waals surface area contributed by atoms with Crippen LogP contribution in [0.5, 0.6) is 0 Å². The Labute approximate surface area is 201 Å². The third-order valence-corrected chi connectivity index (χ3v) is 8.14. The molecule has 34 heavy (non-hydrogen) atoms. The summed E-state index contributed by atoms with van der Waals surface area (Å²) in [6, 6.07) is 25.0. The van der Waals surface area contributed by atoms with Crippen LogP contribution in [0.4, 0.5) is 0 Å². The van der Waals surface area contributed by atoms with Crippen molar-refractivity contribution in [3.05, 3.63) is 90.0 Å². The summed E-state index contributed by atoms with van der Waals surface area (Å²) in [5.74, 6) is -0.436. The predicted molar refractivity (Wildman–Crippen MR) is 135 cm³/mol. The van der Waals surface area contributed by atoms with E-state index in [1.54, 1.807) is 24.3 Å². The normalized spacial score (nSPS) is 15.8. The van der Waals surface area contributed by atoms with Crippen molar-refractivity contribution in [1.82, 2.24) is 9.73 Å². The number of hydrogen-bond donors (Lipinski definition) is 1. The Kier molecular flexibility index (Phi) is 7.24. The molecule has 3 aromatic carbocycles. The first-order valence-corrected chi connectivity index (χ1v) is 12.9. The largest absolute Gasteiger partial charge is 0.273 e. The van der Waals surface area contributed by atoms with E-state index in [1.165, 1.54) is 4.31 Å². The zero-order valence-electron chi connectivity index (χ0n) is 19.4. The smallest absolute Gasteiger partial charge is 0.243 e. The second kappa shape index (κ2) is 10.3. The molecule has 0 aromatic heterocycles. The Morgan fingerprint density at radius 1 is 0.882 bits per heavy atom. The lowest BCUT2D eigenvalue weighted by Crippen LogP contribution is -2.42. The van der Waals surface area contributed by atoms with Crippen LogP contribution >= 0.6 is 0 Å². The molecule has 0 atom stereocenters. The summed E-state index contributed by atoms with van der Waals surface area (Å²) >= 11 is 0.